The smallest absolute Gasteiger partial charge is 0.257 e. The van der Waals surface area contributed by atoms with Crippen molar-refractivity contribution >= 4 is 23.6 Å². The third-order valence-corrected chi connectivity index (χ3v) is 5.13. The second-order valence-electron chi connectivity index (χ2n) is 6.55. The van der Waals surface area contributed by atoms with Crippen LogP contribution in [-0.4, -0.2) is 46.5 Å². The first kappa shape index (κ1) is 15.7. The minimum absolute atomic E-state index is 0.227. The van der Waals surface area contributed by atoms with Crippen molar-refractivity contribution < 1.29 is 19.2 Å². The summed E-state index contributed by atoms with van der Waals surface area (Å²) in [5.74, 6) is -0.926. The normalized spacial score (nSPS) is 22.6. The predicted octanol–water partition coefficient (Wildman–Crippen LogP) is 1.41. The summed E-state index contributed by atoms with van der Waals surface area (Å²) in [5, 5.41) is 0. The minimum Gasteiger partial charge on any atom is -0.275 e. The number of rotatable bonds is 4. The van der Waals surface area contributed by atoms with Crippen LogP contribution in [0.5, 0.6) is 0 Å². The van der Waals surface area contributed by atoms with E-state index in [1.165, 1.54) is 9.80 Å². The number of hydrogen-bond donors (Lipinski definition) is 0. The molecule has 0 atom stereocenters. The second kappa shape index (κ2) is 5.95. The Kier molecular flexibility index (Phi) is 3.75. The first-order valence-corrected chi connectivity index (χ1v) is 8.56. The molecule has 4 amide bonds. The van der Waals surface area contributed by atoms with Crippen LogP contribution in [0.15, 0.2) is 46.6 Å². The molecule has 0 saturated heterocycles. The molecule has 0 spiro atoms. The Labute approximate surface area is 145 Å². The second-order valence-corrected chi connectivity index (χ2v) is 6.55. The zero-order valence-corrected chi connectivity index (χ0v) is 13.8. The summed E-state index contributed by atoms with van der Waals surface area (Å²) in [7, 11) is 0. The molecular weight excluding hydrogens is 320 g/mol. The molecule has 0 saturated carbocycles. The van der Waals surface area contributed by atoms with Crippen LogP contribution in [0.1, 0.15) is 32.1 Å². The van der Waals surface area contributed by atoms with Gasteiger partial charge in [-0.2, -0.15) is 0 Å². The predicted molar refractivity (Wildman–Crippen MR) is 88.9 cm³/mol. The van der Waals surface area contributed by atoms with E-state index in [0.29, 0.717) is 54.4 Å². The van der Waals surface area contributed by atoms with E-state index < -0.39 is 0 Å². The van der Waals surface area contributed by atoms with Crippen LogP contribution in [0, 0.1) is 0 Å². The van der Waals surface area contributed by atoms with E-state index in [-0.39, 0.29) is 36.7 Å². The molecule has 2 aliphatic heterocycles. The third-order valence-electron chi connectivity index (χ3n) is 5.13. The fourth-order valence-electron chi connectivity index (χ4n) is 3.79. The van der Waals surface area contributed by atoms with Gasteiger partial charge in [-0.25, -0.2) is 0 Å². The lowest BCUT2D eigenvalue weighted by atomic mass is 9.99. The Bertz CT molecular complexity index is 700. The minimum atomic E-state index is -0.231. The molecule has 0 fully saturated rings. The molecule has 4 rings (SSSR count). The van der Waals surface area contributed by atoms with Crippen LogP contribution in [-0.2, 0) is 19.2 Å². The molecule has 0 radical (unpaired) electrons. The van der Waals surface area contributed by atoms with Crippen LogP contribution in [0.3, 0.4) is 0 Å². The molecule has 6 heteroatoms. The van der Waals surface area contributed by atoms with E-state index in [9.17, 15) is 19.2 Å². The Morgan fingerprint density at radius 3 is 1.12 bits per heavy atom. The number of amides is 4. The van der Waals surface area contributed by atoms with Gasteiger partial charge in [0.1, 0.15) is 0 Å². The van der Waals surface area contributed by atoms with Crippen molar-refractivity contribution in [2.24, 2.45) is 0 Å². The number of imide groups is 2. The van der Waals surface area contributed by atoms with Crippen molar-refractivity contribution in [3.8, 4) is 0 Å². The Balaban J connectivity index is 1.36. The first-order valence-electron chi connectivity index (χ1n) is 8.56. The van der Waals surface area contributed by atoms with Gasteiger partial charge in [0.2, 0.25) is 0 Å². The van der Waals surface area contributed by atoms with Crippen LogP contribution < -0.4 is 0 Å². The van der Waals surface area contributed by atoms with E-state index in [1.54, 1.807) is 0 Å². The molecule has 2 heterocycles. The fraction of sp³-hybridized carbons (Fsp3) is 0.368. The molecule has 25 heavy (non-hydrogen) atoms. The highest BCUT2D eigenvalue weighted by atomic mass is 16.2. The molecule has 0 aromatic rings. The number of allylic oxidation sites excluding steroid dienone is 4. The van der Waals surface area contributed by atoms with E-state index in [0.717, 1.165) is 0 Å². The highest BCUT2D eigenvalue weighted by Gasteiger charge is 2.39. The summed E-state index contributed by atoms with van der Waals surface area (Å²) in [6, 6.07) is 0. The van der Waals surface area contributed by atoms with Gasteiger partial charge in [-0.05, 0) is 32.1 Å². The zero-order chi connectivity index (χ0) is 17.6. The van der Waals surface area contributed by atoms with Gasteiger partial charge in [0.15, 0.2) is 0 Å². The SMILES string of the molecule is O=C1C2=C(CC=CC2)C(=O)N1CCCN1C(=O)C2=C(CC=CC2)C1=O. The molecule has 6 nitrogen and oxygen atoms in total. The molecule has 0 bridgehead atoms. The summed E-state index contributed by atoms with van der Waals surface area (Å²) >= 11 is 0. The molecule has 0 unspecified atom stereocenters. The van der Waals surface area contributed by atoms with Crippen molar-refractivity contribution in [2.45, 2.75) is 32.1 Å². The number of hydrogen-bond acceptors (Lipinski definition) is 4. The lowest BCUT2D eigenvalue weighted by molar-refractivity contribution is -0.137. The highest BCUT2D eigenvalue weighted by Crippen LogP contribution is 2.31. The van der Waals surface area contributed by atoms with Gasteiger partial charge in [0.25, 0.3) is 23.6 Å². The highest BCUT2D eigenvalue weighted by molar-refractivity contribution is 6.20. The van der Waals surface area contributed by atoms with Gasteiger partial charge >= 0.3 is 0 Å². The summed E-state index contributed by atoms with van der Waals surface area (Å²) in [6.45, 7) is 0.454. The molecule has 128 valence electrons. The van der Waals surface area contributed by atoms with Gasteiger partial charge in [-0.3, -0.25) is 29.0 Å². The van der Waals surface area contributed by atoms with E-state index >= 15 is 0 Å². The van der Waals surface area contributed by atoms with Crippen LogP contribution in [0.4, 0.5) is 0 Å². The van der Waals surface area contributed by atoms with Gasteiger partial charge < -0.3 is 0 Å². The van der Waals surface area contributed by atoms with Gasteiger partial charge in [-0.15, -0.1) is 0 Å². The average Bonchev–Trinajstić information content (AvgIpc) is 3.03. The standard InChI is InChI=1S/C19H18N2O4/c22-16-12-6-1-2-7-13(12)17(23)20(16)10-5-11-21-18(24)14-8-3-4-9-15(14)19(21)25/h1-4H,5-11H2. The number of carbonyl (C=O) groups excluding carboxylic acids is 4. The zero-order valence-electron chi connectivity index (χ0n) is 13.8. The van der Waals surface area contributed by atoms with E-state index in [2.05, 4.69) is 0 Å². The quantitative estimate of drug-likeness (QED) is 0.574. The largest absolute Gasteiger partial charge is 0.275 e. The maximum atomic E-state index is 12.4. The number of nitrogens with zero attached hydrogens (tertiary/aromatic N) is 2. The van der Waals surface area contributed by atoms with Gasteiger partial charge in [0.05, 0.1) is 0 Å². The van der Waals surface area contributed by atoms with E-state index in [1.807, 2.05) is 24.3 Å². The van der Waals surface area contributed by atoms with Crippen LogP contribution in [0.2, 0.25) is 0 Å². The van der Waals surface area contributed by atoms with Crippen LogP contribution >= 0.6 is 0 Å². The van der Waals surface area contributed by atoms with Crippen molar-refractivity contribution in [3.63, 3.8) is 0 Å². The van der Waals surface area contributed by atoms with Crippen LogP contribution in [0.25, 0.3) is 0 Å². The molecular formula is C19H18N2O4. The lowest BCUT2D eigenvalue weighted by Gasteiger charge is -2.18. The molecule has 0 aromatic carbocycles. The summed E-state index contributed by atoms with van der Waals surface area (Å²) in [5.41, 5.74) is 2.35. The topological polar surface area (TPSA) is 74.8 Å². The molecule has 2 aliphatic carbocycles. The Hall–Kier alpha value is -2.76. The summed E-state index contributed by atoms with van der Waals surface area (Å²) in [6.07, 6.45) is 10.0. The van der Waals surface area contributed by atoms with Gasteiger partial charge in [0, 0.05) is 35.4 Å². The first-order chi connectivity index (χ1) is 12.1. The van der Waals surface area contributed by atoms with Crippen molar-refractivity contribution in [2.75, 3.05) is 13.1 Å². The van der Waals surface area contributed by atoms with Crippen molar-refractivity contribution in [1.82, 2.24) is 9.80 Å². The van der Waals surface area contributed by atoms with Gasteiger partial charge in [-0.1, -0.05) is 24.3 Å². The molecule has 0 aromatic heterocycles. The van der Waals surface area contributed by atoms with Crippen molar-refractivity contribution in [1.29, 1.82) is 0 Å². The van der Waals surface area contributed by atoms with Crippen molar-refractivity contribution in [3.05, 3.63) is 46.6 Å². The monoisotopic (exact) mass is 338 g/mol. The Morgan fingerprint density at radius 1 is 0.560 bits per heavy atom. The number of carbonyl (C=O) groups is 4. The maximum Gasteiger partial charge on any atom is 0.257 e. The molecule has 0 N–H and O–H groups in total. The van der Waals surface area contributed by atoms with E-state index in [4.69, 9.17) is 0 Å². The Morgan fingerprint density at radius 2 is 0.840 bits per heavy atom. The third kappa shape index (κ3) is 2.40. The lowest BCUT2D eigenvalue weighted by Crippen LogP contribution is -2.37. The fourth-order valence-corrected chi connectivity index (χ4v) is 3.79. The molecule has 4 aliphatic rings. The average molecular weight is 338 g/mol. The summed E-state index contributed by atoms with van der Waals surface area (Å²) < 4.78 is 0. The summed E-state index contributed by atoms with van der Waals surface area (Å²) in [4.78, 5) is 51.9. The maximum absolute atomic E-state index is 12.4.